The Morgan fingerprint density at radius 3 is 2.71 bits per heavy atom. The first-order valence-corrected chi connectivity index (χ1v) is 8.85. The van der Waals surface area contributed by atoms with Crippen LogP contribution in [0.15, 0.2) is 42.5 Å². The van der Waals surface area contributed by atoms with E-state index in [0.717, 1.165) is 24.9 Å². The van der Waals surface area contributed by atoms with Crippen molar-refractivity contribution in [3.8, 4) is 0 Å². The maximum absolute atomic E-state index is 12.5. The minimum atomic E-state index is -0.0905. The summed E-state index contributed by atoms with van der Waals surface area (Å²) < 4.78 is 0. The van der Waals surface area contributed by atoms with E-state index in [2.05, 4.69) is 22.3 Å². The van der Waals surface area contributed by atoms with E-state index in [9.17, 15) is 4.79 Å². The number of nitrogens with one attached hydrogen (secondary N) is 1. The molecule has 1 unspecified atom stereocenters. The van der Waals surface area contributed by atoms with Crippen molar-refractivity contribution in [2.45, 2.75) is 25.8 Å². The number of rotatable bonds is 4. The first kappa shape index (κ1) is 17.3. The number of benzene rings is 2. The number of halogens is 2. The van der Waals surface area contributed by atoms with Gasteiger partial charge in [-0.05, 0) is 43.5 Å². The summed E-state index contributed by atoms with van der Waals surface area (Å²) in [6.07, 6.45) is 2.17. The largest absolute Gasteiger partial charge is 0.322 e. The van der Waals surface area contributed by atoms with E-state index >= 15 is 0 Å². The van der Waals surface area contributed by atoms with E-state index in [1.807, 2.05) is 31.2 Å². The Morgan fingerprint density at radius 2 is 1.96 bits per heavy atom. The van der Waals surface area contributed by atoms with Crippen LogP contribution in [0.3, 0.4) is 0 Å². The standard InChI is InChI=1S/C19H20Cl2N2O/c1-13-9-10-15(20)19(18(13)21)22-17(24)12-23-11-5-8-16(23)14-6-3-2-4-7-14/h2-4,6-7,9-10,16H,5,8,11-12H2,1H3,(H,22,24). The van der Waals surface area contributed by atoms with E-state index in [0.29, 0.717) is 28.3 Å². The van der Waals surface area contributed by atoms with Crippen LogP contribution in [0.25, 0.3) is 0 Å². The number of anilines is 1. The number of aryl methyl sites for hydroxylation is 1. The minimum Gasteiger partial charge on any atom is -0.322 e. The van der Waals surface area contributed by atoms with Gasteiger partial charge in [0.05, 0.1) is 22.3 Å². The Bertz CT molecular complexity index is 734. The Hall–Kier alpha value is -1.55. The Labute approximate surface area is 152 Å². The van der Waals surface area contributed by atoms with Gasteiger partial charge in [-0.2, -0.15) is 0 Å². The van der Waals surface area contributed by atoms with E-state index in [1.165, 1.54) is 5.56 Å². The van der Waals surface area contributed by atoms with Gasteiger partial charge in [0.15, 0.2) is 0 Å². The van der Waals surface area contributed by atoms with Gasteiger partial charge in [-0.3, -0.25) is 9.69 Å². The van der Waals surface area contributed by atoms with E-state index in [4.69, 9.17) is 23.2 Å². The summed E-state index contributed by atoms with van der Waals surface area (Å²) in [4.78, 5) is 14.7. The highest BCUT2D eigenvalue weighted by Gasteiger charge is 2.27. The molecule has 0 aromatic heterocycles. The maximum Gasteiger partial charge on any atom is 0.238 e. The normalized spacial score (nSPS) is 17.9. The lowest BCUT2D eigenvalue weighted by Gasteiger charge is -2.24. The number of likely N-dealkylation sites (tertiary alicyclic amines) is 1. The smallest absolute Gasteiger partial charge is 0.238 e. The van der Waals surface area contributed by atoms with Crippen molar-refractivity contribution in [2.24, 2.45) is 0 Å². The van der Waals surface area contributed by atoms with Crippen LogP contribution in [-0.4, -0.2) is 23.9 Å². The molecule has 2 aromatic carbocycles. The van der Waals surface area contributed by atoms with Crippen LogP contribution in [0.4, 0.5) is 5.69 Å². The number of hydrogen-bond donors (Lipinski definition) is 1. The Balaban J connectivity index is 1.70. The van der Waals surface area contributed by atoms with E-state index in [1.54, 1.807) is 6.07 Å². The number of carbonyl (C=O) groups excluding carboxylic acids is 1. The van der Waals surface area contributed by atoms with Crippen molar-refractivity contribution in [1.29, 1.82) is 0 Å². The molecule has 2 aromatic rings. The molecule has 3 nitrogen and oxygen atoms in total. The van der Waals surface area contributed by atoms with Gasteiger partial charge in [-0.1, -0.05) is 59.6 Å². The van der Waals surface area contributed by atoms with Gasteiger partial charge in [-0.15, -0.1) is 0 Å². The molecule has 1 amide bonds. The van der Waals surface area contributed by atoms with Crippen LogP contribution >= 0.6 is 23.2 Å². The lowest BCUT2D eigenvalue weighted by Crippen LogP contribution is -2.33. The predicted molar refractivity (Wildman–Crippen MR) is 99.8 cm³/mol. The first-order chi connectivity index (χ1) is 11.6. The summed E-state index contributed by atoms with van der Waals surface area (Å²) in [5.74, 6) is -0.0905. The summed E-state index contributed by atoms with van der Waals surface area (Å²) >= 11 is 12.4. The van der Waals surface area contributed by atoms with Crippen LogP contribution in [0, 0.1) is 6.92 Å². The average Bonchev–Trinajstić information content (AvgIpc) is 3.04. The van der Waals surface area contributed by atoms with E-state index in [-0.39, 0.29) is 5.91 Å². The van der Waals surface area contributed by atoms with Gasteiger partial charge in [0.1, 0.15) is 0 Å². The summed E-state index contributed by atoms with van der Waals surface area (Å²) in [5, 5.41) is 3.83. The predicted octanol–water partition coefficient (Wildman–Crippen LogP) is 5.08. The van der Waals surface area contributed by atoms with E-state index < -0.39 is 0 Å². The van der Waals surface area contributed by atoms with Gasteiger partial charge in [-0.25, -0.2) is 0 Å². The number of nitrogens with zero attached hydrogens (tertiary/aromatic N) is 1. The second-order valence-electron chi connectivity index (χ2n) is 6.14. The third-order valence-electron chi connectivity index (χ3n) is 4.44. The third kappa shape index (κ3) is 3.75. The molecule has 1 aliphatic heterocycles. The van der Waals surface area contributed by atoms with Crippen molar-refractivity contribution in [2.75, 3.05) is 18.4 Å². The minimum absolute atomic E-state index is 0.0905. The fourth-order valence-electron chi connectivity index (χ4n) is 3.20. The highest BCUT2D eigenvalue weighted by molar-refractivity contribution is 6.40. The van der Waals surface area contributed by atoms with Gasteiger partial charge in [0.2, 0.25) is 5.91 Å². The number of hydrogen-bond acceptors (Lipinski definition) is 2. The molecule has 1 N–H and O–H groups in total. The Kier molecular flexibility index (Phi) is 5.44. The number of amides is 1. The second kappa shape index (κ2) is 7.56. The molecular weight excluding hydrogens is 343 g/mol. The van der Waals surface area contributed by atoms with Crippen molar-refractivity contribution in [3.63, 3.8) is 0 Å². The first-order valence-electron chi connectivity index (χ1n) is 8.09. The van der Waals surface area contributed by atoms with Crippen molar-refractivity contribution in [3.05, 3.63) is 63.6 Å². The van der Waals surface area contributed by atoms with Gasteiger partial charge < -0.3 is 5.32 Å². The summed E-state index contributed by atoms with van der Waals surface area (Å²) in [5.41, 5.74) is 2.65. The van der Waals surface area contributed by atoms with Crippen LogP contribution in [0.5, 0.6) is 0 Å². The monoisotopic (exact) mass is 362 g/mol. The molecule has 24 heavy (non-hydrogen) atoms. The topological polar surface area (TPSA) is 32.3 Å². The van der Waals surface area contributed by atoms with Crippen molar-refractivity contribution < 1.29 is 4.79 Å². The Morgan fingerprint density at radius 1 is 1.21 bits per heavy atom. The zero-order chi connectivity index (χ0) is 17.1. The van der Waals surface area contributed by atoms with Gasteiger partial charge >= 0.3 is 0 Å². The van der Waals surface area contributed by atoms with Crippen molar-refractivity contribution in [1.82, 2.24) is 4.90 Å². The van der Waals surface area contributed by atoms with Crippen molar-refractivity contribution >= 4 is 34.8 Å². The molecule has 3 rings (SSSR count). The molecule has 5 heteroatoms. The molecule has 0 radical (unpaired) electrons. The summed E-state index contributed by atoms with van der Waals surface area (Å²) in [7, 11) is 0. The molecule has 0 spiro atoms. The second-order valence-corrected chi connectivity index (χ2v) is 6.93. The fraction of sp³-hybridized carbons (Fsp3) is 0.316. The fourth-order valence-corrected chi connectivity index (χ4v) is 3.67. The van der Waals surface area contributed by atoms with Crippen LogP contribution in [-0.2, 0) is 4.79 Å². The third-order valence-corrected chi connectivity index (χ3v) is 5.25. The highest BCUT2D eigenvalue weighted by Crippen LogP contribution is 2.34. The van der Waals surface area contributed by atoms with Crippen LogP contribution in [0.2, 0.25) is 10.0 Å². The molecule has 1 heterocycles. The molecule has 0 aliphatic carbocycles. The summed E-state index contributed by atoms with van der Waals surface area (Å²) in [6, 6.07) is 14.2. The number of carbonyl (C=O) groups is 1. The molecule has 1 aliphatic rings. The SMILES string of the molecule is Cc1ccc(Cl)c(NC(=O)CN2CCCC2c2ccccc2)c1Cl. The molecular formula is C19H20Cl2N2O. The van der Waals surface area contributed by atoms with Gasteiger partial charge in [0.25, 0.3) is 0 Å². The zero-order valence-corrected chi connectivity index (χ0v) is 15.1. The lowest BCUT2D eigenvalue weighted by molar-refractivity contribution is -0.117. The quantitative estimate of drug-likeness (QED) is 0.822. The molecule has 1 saturated heterocycles. The molecule has 0 bridgehead atoms. The maximum atomic E-state index is 12.5. The van der Waals surface area contributed by atoms with Gasteiger partial charge in [0, 0.05) is 6.04 Å². The summed E-state index contributed by atoms with van der Waals surface area (Å²) in [6.45, 7) is 3.14. The molecule has 1 fully saturated rings. The van der Waals surface area contributed by atoms with Crippen LogP contribution < -0.4 is 5.32 Å². The highest BCUT2D eigenvalue weighted by atomic mass is 35.5. The molecule has 1 atom stereocenters. The molecule has 0 saturated carbocycles. The van der Waals surface area contributed by atoms with Crippen LogP contribution in [0.1, 0.15) is 30.0 Å². The average molecular weight is 363 g/mol. The molecule has 126 valence electrons. The zero-order valence-electron chi connectivity index (χ0n) is 13.6. The lowest BCUT2D eigenvalue weighted by atomic mass is 10.0.